The lowest BCUT2D eigenvalue weighted by molar-refractivity contribution is -0.136. The predicted octanol–water partition coefficient (Wildman–Crippen LogP) is 5.58. The van der Waals surface area contributed by atoms with Crippen LogP contribution in [-0.4, -0.2) is 129 Å². The number of hydrogen-bond acceptors (Lipinski definition) is 13. The first kappa shape index (κ1) is 55.0. The highest BCUT2D eigenvalue weighted by molar-refractivity contribution is 6.31. The molecule has 2 saturated heterocycles. The van der Waals surface area contributed by atoms with Crippen molar-refractivity contribution < 1.29 is 61.7 Å². The number of carbonyl (C=O) groups excluding carboxylic acids is 8. The first-order chi connectivity index (χ1) is 37.2. The van der Waals surface area contributed by atoms with Gasteiger partial charge in [-0.3, -0.25) is 53.9 Å². The third-order valence-corrected chi connectivity index (χ3v) is 15.3. The molecule has 2 spiro atoms. The number of imide groups is 2. The monoisotopic (exact) mass is 1100 g/mol. The zero-order chi connectivity index (χ0) is 54.3. The van der Waals surface area contributed by atoms with Crippen LogP contribution in [0.15, 0.2) is 78.9 Å². The maximum absolute atomic E-state index is 16.3. The second-order valence-corrected chi connectivity index (χ2v) is 20.3. The van der Waals surface area contributed by atoms with E-state index in [4.69, 9.17) is 42.1 Å². The number of carbonyl (C=O) groups is 8. The molecule has 1 saturated carbocycles. The van der Waals surface area contributed by atoms with E-state index < -0.39 is 76.8 Å². The second kappa shape index (κ2) is 24.2. The number of piperidine rings is 1. The van der Waals surface area contributed by atoms with E-state index in [0.29, 0.717) is 106 Å². The summed E-state index contributed by atoms with van der Waals surface area (Å²) in [6, 6.07) is 18.5. The number of fused-ring (bicyclic) bond motifs is 4. The molecular formula is C55H58Cl2FN7O12. The molecule has 22 heteroatoms. The van der Waals surface area contributed by atoms with Crippen molar-refractivity contribution in [2.45, 2.75) is 86.7 Å². The molecule has 8 amide bonds. The molecule has 1 unspecified atom stereocenters. The predicted molar refractivity (Wildman–Crippen MR) is 279 cm³/mol. The molecule has 0 bridgehead atoms. The Morgan fingerprint density at radius 1 is 0.766 bits per heavy atom. The van der Waals surface area contributed by atoms with Crippen LogP contribution in [0.4, 0.5) is 15.8 Å². The highest BCUT2D eigenvalue weighted by atomic mass is 35.5. The molecule has 9 rings (SSSR count). The van der Waals surface area contributed by atoms with Crippen molar-refractivity contribution in [3.05, 3.63) is 123 Å². The summed E-state index contributed by atoms with van der Waals surface area (Å²) >= 11 is 12.8. The van der Waals surface area contributed by atoms with Crippen molar-refractivity contribution in [1.29, 1.82) is 0 Å². The van der Waals surface area contributed by atoms with Crippen molar-refractivity contribution in [1.82, 2.24) is 26.2 Å². The molecule has 4 aliphatic heterocycles. The van der Waals surface area contributed by atoms with Gasteiger partial charge in [0.1, 0.15) is 23.0 Å². The maximum atomic E-state index is 16.3. The lowest BCUT2D eigenvalue weighted by Crippen LogP contribution is -2.60. The van der Waals surface area contributed by atoms with Crippen molar-refractivity contribution in [3.63, 3.8) is 0 Å². The number of ether oxygens (including phenoxy) is 4. The van der Waals surface area contributed by atoms with Gasteiger partial charge in [0.15, 0.2) is 6.61 Å². The van der Waals surface area contributed by atoms with Crippen LogP contribution in [0.1, 0.15) is 106 Å². The largest absolute Gasteiger partial charge is 0.483 e. The summed E-state index contributed by atoms with van der Waals surface area (Å²) < 4.78 is 38.6. The van der Waals surface area contributed by atoms with Gasteiger partial charge in [0.25, 0.3) is 23.6 Å². The summed E-state index contributed by atoms with van der Waals surface area (Å²) in [4.78, 5) is 106. The van der Waals surface area contributed by atoms with Crippen molar-refractivity contribution in [3.8, 4) is 5.75 Å². The molecule has 0 aromatic heterocycles. The molecule has 406 valence electrons. The van der Waals surface area contributed by atoms with E-state index in [1.54, 1.807) is 54.6 Å². The topological polar surface area (TPSA) is 249 Å². The van der Waals surface area contributed by atoms with Crippen LogP contribution < -0.4 is 36.6 Å². The summed E-state index contributed by atoms with van der Waals surface area (Å²) in [6.07, 6.45) is 4.82. The second-order valence-electron chi connectivity index (χ2n) is 19.5. The number of benzene rings is 4. The minimum absolute atomic E-state index is 0.00530. The highest BCUT2D eigenvalue weighted by Crippen LogP contribution is 2.63. The van der Waals surface area contributed by atoms with Gasteiger partial charge in [-0.15, -0.1) is 0 Å². The fraction of sp³-hybridized carbons (Fsp3) is 0.418. The lowest BCUT2D eigenvalue weighted by atomic mass is 9.55. The summed E-state index contributed by atoms with van der Waals surface area (Å²) in [6.45, 7) is 2.31. The molecule has 4 atom stereocenters. The van der Waals surface area contributed by atoms with Crippen LogP contribution in [-0.2, 0) is 43.6 Å². The van der Waals surface area contributed by atoms with Crippen LogP contribution in [0.3, 0.4) is 0 Å². The Morgan fingerprint density at radius 3 is 2.17 bits per heavy atom. The smallest absolute Gasteiger partial charge is 0.266 e. The zero-order valence-electron chi connectivity index (χ0n) is 41.9. The molecule has 19 nitrogen and oxygen atoms in total. The molecule has 4 aromatic rings. The summed E-state index contributed by atoms with van der Waals surface area (Å²) in [5.74, 6) is -5.81. The Labute approximate surface area is 452 Å². The summed E-state index contributed by atoms with van der Waals surface area (Å²) in [5.41, 5.74) is -0.128. The van der Waals surface area contributed by atoms with Gasteiger partial charge in [-0.05, 0) is 97.8 Å². The quantitative estimate of drug-likeness (QED) is 0.0417. The Kier molecular flexibility index (Phi) is 17.3. The summed E-state index contributed by atoms with van der Waals surface area (Å²) in [7, 11) is 0. The van der Waals surface area contributed by atoms with Crippen LogP contribution in [0.5, 0.6) is 5.75 Å². The molecule has 0 radical (unpaired) electrons. The van der Waals surface area contributed by atoms with Gasteiger partial charge in [-0.1, -0.05) is 66.7 Å². The SMILES string of the molecule is O=C(COc1cccc2c1C(=O)N(C1CCC(=O)NC1=O)C2=O)NCCCOCCOCCOCCCNC(=O)c1ccc(NC(=O)[C@@H]2NC3(CCCCC3)[C@@]3(C(=O)Nc4cc(Cl)ccc43)[C@H]2c2cccc(Cl)c2F)cc1. The molecule has 1 aliphatic carbocycles. The maximum Gasteiger partial charge on any atom is 0.266 e. The first-order valence-electron chi connectivity index (χ1n) is 25.7. The Hall–Kier alpha value is -6.81. The highest BCUT2D eigenvalue weighted by Gasteiger charge is 2.72. The van der Waals surface area contributed by atoms with Crippen molar-refractivity contribution >= 4 is 81.8 Å². The number of amides is 8. The Morgan fingerprint density at radius 2 is 1.45 bits per heavy atom. The van der Waals surface area contributed by atoms with Gasteiger partial charge in [-0.2, -0.15) is 0 Å². The van der Waals surface area contributed by atoms with Gasteiger partial charge in [0, 0.05) is 66.1 Å². The number of anilines is 2. The first-order valence-corrected chi connectivity index (χ1v) is 26.5. The van der Waals surface area contributed by atoms with Gasteiger partial charge in [-0.25, -0.2) is 4.39 Å². The number of halogens is 3. The third-order valence-electron chi connectivity index (χ3n) is 14.8. The van der Waals surface area contributed by atoms with E-state index in [1.807, 2.05) is 0 Å². The molecule has 4 aromatic carbocycles. The average molecular weight is 1100 g/mol. The fourth-order valence-electron chi connectivity index (χ4n) is 11.4. The Balaban J connectivity index is 0.646. The zero-order valence-corrected chi connectivity index (χ0v) is 43.5. The number of rotatable bonds is 22. The lowest BCUT2D eigenvalue weighted by Gasteiger charge is -2.47. The van der Waals surface area contributed by atoms with Gasteiger partial charge >= 0.3 is 0 Å². The molecule has 3 fully saturated rings. The van der Waals surface area contributed by atoms with E-state index in [0.717, 1.165) is 24.2 Å². The van der Waals surface area contributed by atoms with E-state index in [-0.39, 0.29) is 52.1 Å². The number of nitrogens with zero attached hydrogens (tertiary/aromatic N) is 1. The molecule has 77 heavy (non-hydrogen) atoms. The van der Waals surface area contributed by atoms with E-state index >= 15 is 4.39 Å². The van der Waals surface area contributed by atoms with Crippen LogP contribution in [0, 0.1) is 5.82 Å². The van der Waals surface area contributed by atoms with Gasteiger partial charge in [0.05, 0.1) is 48.6 Å². The van der Waals surface area contributed by atoms with Crippen molar-refractivity contribution in [2.24, 2.45) is 0 Å². The molecule has 5 aliphatic rings. The summed E-state index contributed by atoms with van der Waals surface area (Å²) in [5, 5.41) is 17.7. The van der Waals surface area contributed by atoms with Gasteiger partial charge in [0.2, 0.25) is 23.6 Å². The van der Waals surface area contributed by atoms with Gasteiger partial charge < -0.3 is 40.2 Å². The van der Waals surface area contributed by atoms with E-state index in [1.165, 1.54) is 24.3 Å². The van der Waals surface area contributed by atoms with Crippen LogP contribution in [0.25, 0.3) is 0 Å². The van der Waals surface area contributed by atoms with E-state index in [2.05, 4.69) is 31.9 Å². The van der Waals surface area contributed by atoms with Crippen molar-refractivity contribution in [2.75, 3.05) is 70.0 Å². The molecule has 4 heterocycles. The van der Waals surface area contributed by atoms with Crippen LogP contribution >= 0.6 is 23.2 Å². The fourth-order valence-corrected chi connectivity index (χ4v) is 11.7. The number of nitrogens with one attached hydrogen (secondary N) is 6. The standard InChI is InChI=1S/C55H58Cl2FN7O12/c56-33-14-17-37-39(30-33)62-53(73)55(37)45(36-9-4-10-38(57)46(36)58)47(64-54(55)20-2-1-3-21-54)50(70)61-34-15-12-32(13-16-34)48(68)60-23-7-25-75-27-29-76-28-26-74-24-6-22-59-43(67)31-77-41-11-5-8-35-44(41)52(72)65(51(35)71)40-18-19-42(66)63-49(40)69/h4-5,8-17,30,40,45,47,64H,1-3,6-7,18-29,31H2,(H,59,67)(H,60,68)(H,61,70)(H,62,73)(H,63,66,69)/t40?,45-,47+,55+/m0/s1. The van der Waals surface area contributed by atoms with E-state index in [9.17, 15) is 38.4 Å². The Bertz CT molecular complexity index is 2960. The number of hydrogen-bond donors (Lipinski definition) is 6. The third kappa shape index (κ3) is 11.3. The minimum Gasteiger partial charge on any atom is -0.483 e. The molecule has 6 N–H and O–H groups in total. The van der Waals surface area contributed by atoms with Crippen LogP contribution in [0.2, 0.25) is 10.0 Å². The average Bonchev–Trinajstić information content (AvgIpc) is 4.21. The minimum atomic E-state index is -1.37. The molecular weight excluding hydrogens is 1040 g/mol. The normalized spacial score (nSPS) is 21.2.